The maximum Gasteiger partial charge on any atom is 0.211 e. The van der Waals surface area contributed by atoms with Crippen molar-refractivity contribution in [2.75, 3.05) is 19.3 Å². The maximum absolute atomic E-state index is 13.7. The van der Waals surface area contributed by atoms with Gasteiger partial charge in [-0.3, -0.25) is 0 Å². The number of nitrogens with zero attached hydrogens (tertiary/aromatic N) is 2. The van der Waals surface area contributed by atoms with Gasteiger partial charge in [-0.05, 0) is 42.8 Å². The average Bonchev–Trinajstić information content (AvgIpc) is 2.82. The molecule has 0 atom stereocenters. The number of hydrogen-bond donors (Lipinski definition) is 0. The number of aromatic nitrogens is 1. The van der Waals surface area contributed by atoms with E-state index in [9.17, 15) is 17.2 Å². The molecule has 3 rings (SSSR count). The van der Waals surface area contributed by atoms with Gasteiger partial charge in [-0.15, -0.1) is 0 Å². The van der Waals surface area contributed by atoms with Crippen LogP contribution in [0.2, 0.25) is 0 Å². The van der Waals surface area contributed by atoms with Gasteiger partial charge in [-0.2, -0.15) is 0 Å². The fraction of sp³-hybridized carbons (Fsp3) is 0.333. The Hall–Kier alpha value is -1.99. The van der Waals surface area contributed by atoms with Gasteiger partial charge in [-0.25, -0.2) is 21.5 Å². The molecule has 2 aromatic carbocycles. The number of benzene rings is 2. The lowest BCUT2D eigenvalue weighted by Gasteiger charge is -2.18. The number of aryl methyl sites for hydroxylation is 1. The molecule has 0 spiro atoms. The summed E-state index contributed by atoms with van der Waals surface area (Å²) in [6.07, 6.45) is 1.73. The second kappa shape index (κ2) is 6.72. The molecule has 0 unspecified atom stereocenters. The first-order valence-corrected chi connectivity index (χ1v) is 9.98. The summed E-state index contributed by atoms with van der Waals surface area (Å²) in [6, 6.07) is 9.02. The van der Waals surface area contributed by atoms with E-state index in [1.807, 2.05) is 4.57 Å². The lowest BCUT2D eigenvalue weighted by atomic mass is 10.1. The molecule has 0 N–H and O–H groups in total. The predicted molar refractivity (Wildman–Crippen MR) is 96.1 cm³/mol. The molecule has 0 aliphatic heterocycles. The van der Waals surface area contributed by atoms with Crippen LogP contribution in [0.5, 0.6) is 0 Å². The molecule has 4 nitrogen and oxygen atoms in total. The van der Waals surface area contributed by atoms with Gasteiger partial charge in [0.05, 0.1) is 17.3 Å². The van der Waals surface area contributed by atoms with Crippen molar-refractivity contribution < 1.29 is 17.2 Å². The van der Waals surface area contributed by atoms with Gasteiger partial charge in [-0.1, -0.05) is 6.92 Å². The van der Waals surface area contributed by atoms with Crippen LogP contribution in [0.3, 0.4) is 0 Å². The normalized spacial score (nSPS) is 12.5. The standard InChI is InChI=1S/C18H20F2N2O2S/c1-3-21(25(2,23)24)9-4-10-22-17-11-13(19)5-7-15(17)16-8-6-14(20)12-18(16)22/h5-8,11-12H,3-4,9-10H2,1-2H3. The van der Waals surface area contributed by atoms with Crippen LogP contribution < -0.4 is 0 Å². The van der Waals surface area contributed by atoms with E-state index in [0.717, 1.165) is 10.8 Å². The van der Waals surface area contributed by atoms with E-state index in [4.69, 9.17) is 0 Å². The second-order valence-electron chi connectivity index (χ2n) is 6.08. The van der Waals surface area contributed by atoms with Crippen molar-refractivity contribution in [2.45, 2.75) is 19.9 Å². The van der Waals surface area contributed by atoms with E-state index >= 15 is 0 Å². The smallest absolute Gasteiger partial charge is 0.211 e. The number of rotatable bonds is 6. The highest BCUT2D eigenvalue weighted by molar-refractivity contribution is 7.88. The molecule has 1 aromatic heterocycles. The molecule has 0 amide bonds. The fourth-order valence-corrected chi connectivity index (χ4v) is 4.18. The van der Waals surface area contributed by atoms with Crippen molar-refractivity contribution in [1.82, 2.24) is 8.87 Å². The van der Waals surface area contributed by atoms with E-state index in [2.05, 4.69) is 0 Å². The van der Waals surface area contributed by atoms with Crippen LogP contribution in [0, 0.1) is 11.6 Å². The maximum atomic E-state index is 13.7. The third-order valence-corrected chi connectivity index (χ3v) is 5.78. The molecule has 0 aliphatic carbocycles. The molecule has 1 heterocycles. The first-order chi connectivity index (χ1) is 11.8. The molecule has 0 fully saturated rings. The molecule has 0 bridgehead atoms. The van der Waals surface area contributed by atoms with Crippen LogP contribution in [0.25, 0.3) is 21.8 Å². The van der Waals surface area contributed by atoms with Gasteiger partial charge in [0.2, 0.25) is 10.0 Å². The quantitative estimate of drug-likeness (QED) is 0.667. The minimum Gasteiger partial charge on any atom is -0.340 e. The van der Waals surface area contributed by atoms with E-state index in [-0.39, 0.29) is 11.6 Å². The average molecular weight is 366 g/mol. The summed E-state index contributed by atoms with van der Waals surface area (Å²) in [6.45, 7) is 3.02. The van der Waals surface area contributed by atoms with Crippen LogP contribution in [-0.4, -0.2) is 36.6 Å². The first-order valence-electron chi connectivity index (χ1n) is 8.13. The number of hydrogen-bond acceptors (Lipinski definition) is 2. The molecule has 0 aliphatic rings. The molecule has 0 radical (unpaired) electrons. The van der Waals surface area contributed by atoms with Crippen LogP contribution >= 0.6 is 0 Å². The summed E-state index contributed by atoms with van der Waals surface area (Å²) in [5.74, 6) is -0.716. The lowest BCUT2D eigenvalue weighted by Crippen LogP contribution is -2.31. The van der Waals surface area contributed by atoms with Gasteiger partial charge in [0.25, 0.3) is 0 Å². The Morgan fingerprint density at radius 2 is 1.52 bits per heavy atom. The number of fused-ring (bicyclic) bond motifs is 3. The van der Waals surface area contributed by atoms with Crippen LogP contribution in [0.15, 0.2) is 36.4 Å². The summed E-state index contributed by atoms with van der Waals surface area (Å²) in [5.41, 5.74) is 1.37. The minimum atomic E-state index is -3.25. The van der Waals surface area contributed by atoms with Crippen molar-refractivity contribution >= 4 is 31.8 Å². The Labute approximate surface area is 145 Å². The lowest BCUT2D eigenvalue weighted by molar-refractivity contribution is 0.415. The van der Waals surface area contributed by atoms with Gasteiger partial charge < -0.3 is 4.57 Å². The molecule has 25 heavy (non-hydrogen) atoms. The fourth-order valence-electron chi connectivity index (χ4n) is 3.25. The minimum absolute atomic E-state index is 0.358. The Balaban J connectivity index is 1.99. The third-order valence-electron chi connectivity index (χ3n) is 4.40. The Bertz CT molecular complexity index is 969. The largest absolute Gasteiger partial charge is 0.340 e. The molecule has 0 saturated heterocycles. The highest BCUT2D eigenvalue weighted by Crippen LogP contribution is 2.30. The molecule has 134 valence electrons. The van der Waals surface area contributed by atoms with Crippen LogP contribution in [-0.2, 0) is 16.6 Å². The van der Waals surface area contributed by atoms with Gasteiger partial charge in [0.1, 0.15) is 11.6 Å². The summed E-state index contributed by atoms with van der Waals surface area (Å²) >= 11 is 0. The van der Waals surface area contributed by atoms with Gasteiger partial charge >= 0.3 is 0 Å². The van der Waals surface area contributed by atoms with E-state index in [1.54, 1.807) is 19.1 Å². The third kappa shape index (κ3) is 3.52. The van der Waals surface area contributed by atoms with Gasteiger partial charge in [0.15, 0.2) is 0 Å². The predicted octanol–water partition coefficient (Wildman–Crippen LogP) is 3.74. The zero-order chi connectivity index (χ0) is 18.2. The van der Waals surface area contributed by atoms with Crippen molar-refractivity contribution in [3.05, 3.63) is 48.0 Å². The first kappa shape index (κ1) is 17.8. The zero-order valence-electron chi connectivity index (χ0n) is 14.2. The highest BCUT2D eigenvalue weighted by Gasteiger charge is 2.15. The van der Waals surface area contributed by atoms with Crippen LogP contribution in [0.4, 0.5) is 8.78 Å². The Kier molecular flexibility index (Phi) is 4.79. The van der Waals surface area contributed by atoms with E-state index in [1.165, 1.54) is 34.8 Å². The topological polar surface area (TPSA) is 42.3 Å². The van der Waals surface area contributed by atoms with E-state index < -0.39 is 10.0 Å². The molecular weight excluding hydrogens is 346 g/mol. The zero-order valence-corrected chi connectivity index (χ0v) is 15.0. The number of sulfonamides is 1. The molecule has 7 heteroatoms. The number of halogens is 2. The summed E-state index contributed by atoms with van der Waals surface area (Å²) in [7, 11) is -3.25. The SMILES string of the molecule is CCN(CCCn1c2cc(F)ccc2c2ccc(F)cc21)S(C)(=O)=O. The van der Waals surface area contributed by atoms with Crippen LogP contribution in [0.1, 0.15) is 13.3 Å². The summed E-state index contributed by atoms with van der Waals surface area (Å²) in [4.78, 5) is 0. The van der Waals surface area contributed by atoms with Gasteiger partial charge in [0, 0.05) is 30.4 Å². The summed E-state index contributed by atoms with van der Waals surface area (Å²) < 4.78 is 54.0. The Morgan fingerprint density at radius 1 is 1.00 bits per heavy atom. The molecule has 0 saturated carbocycles. The highest BCUT2D eigenvalue weighted by atomic mass is 32.2. The van der Waals surface area contributed by atoms with Crippen molar-refractivity contribution in [1.29, 1.82) is 0 Å². The molecule has 3 aromatic rings. The van der Waals surface area contributed by atoms with E-state index in [0.29, 0.717) is 37.1 Å². The van der Waals surface area contributed by atoms with Crippen molar-refractivity contribution in [3.8, 4) is 0 Å². The van der Waals surface area contributed by atoms with Crippen molar-refractivity contribution in [3.63, 3.8) is 0 Å². The van der Waals surface area contributed by atoms with Crippen molar-refractivity contribution in [2.24, 2.45) is 0 Å². The second-order valence-corrected chi connectivity index (χ2v) is 8.07. The monoisotopic (exact) mass is 366 g/mol. The Morgan fingerprint density at radius 3 is 1.96 bits per heavy atom. The summed E-state index contributed by atoms with van der Waals surface area (Å²) in [5, 5.41) is 1.71. The molecular formula is C18H20F2N2O2S.